The van der Waals surface area contributed by atoms with Crippen molar-refractivity contribution in [2.75, 3.05) is 6.61 Å². The van der Waals surface area contributed by atoms with Crippen LogP contribution in [0.25, 0.3) is 11.1 Å². The highest BCUT2D eigenvalue weighted by Crippen LogP contribution is 2.30. The SMILES string of the molecule is CCOc1cc(/C=N\NC(=O)[C@@H](C)Oc2ccc(-c3ccccc3)cc2)ccc1OC(=O)c1ccc(Cl)cc1Cl. The van der Waals surface area contributed by atoms with Crippen LogP contribution in [0.1, 0.15) is 29.8 Å². The Morgan fingerprint density at radius 3 is 2.33 bits per heavy atom. The molecule has 1 atom stereocenters. The van der Waals surface area contributed by atoms with E-state index in [9.17, 15) is 9.59 Å². The molecule has 0 aliphatic carbocycles. The summed E-state index contributed by atoms with van der Waals surface area (Å²) in [6, 6.07) is 26.9. The molecule has 40 heavy (non-hydrogen) atoms. The second kappa shape index (κ2) is 13.6. The highest BCUT2D eigenvalue weighted by molar-refractivity contribution is 6.36. The van der Waals surface area contributed by atoms with Crippen molar-refractivity contribution < 1.29 is 23.8 Å². The number of amides is 1. The van der Waals surface area contributed by atoms with Crippen LogP contribution >= 0.6 is 23.2 Å². The standard InChI is InChI=1S/C31H26Cl2N2O5/c1-3-38-29-17-21(9-16-28(29)40-31(37)26-15-12-24(32)18-27(26)33)19-34-35-30(36)20(2)39-25-13-10-23(11-14-25)22-7-5-4-6-8-22/h4-20H,3H2,1-2H3,(H,35,36)/b34-19-/t20-/m1/s1. The molecule has 1 amide bonds. The molecule has 0 fully saturated rings. The number of carbonyl (C=O) groups is 2. The smallest absolute Gasteiger partial charge is 0.345 e. The van der Waals surface area contributed by atoms with Gasteiger partial charge in [-0.2, -0.15) is 5.10 Å². The van der Waals surface area contributed by atoms with Crippen molar-refractivity contribution in [1.82, 2.24) is 5.43 Å². The van der Waals surface area contributed by atoms with Crippen molar-refractivity contribution in [1.29, 1.82) is 0 Å². The quantitative estimate of drug-likeness (QED) is 0.0933. The van der Waals surface area contributed by atoms with E-state index in [-0.39, 0.29) is 16.3 Å². The summed E-state index contributed by atoms with van der Waals surface area (Å²) in [5.41, 5.74) is 5.40. The van der Waals surface area contributed by atoms with Crippen LogP contribution < -0.4 is 19.6 Å². The van der Waals surface area contributed by atoms with Crippen molar-refractivity contribution in [3.05, 3.63) is 112 Å². The van der Waals surface area contributed by atoms with E-state index in [0.29, 0.717) is 28.7 Å². The topological polar surface area (TPSA) is 86.2 Å². The number of hydrogen-bond donors (Lipinski definition) is 1. The summed E-state index contributed by atoms with van der Waals surface area (Å²) >= 11 is 12.0. The zero-order valence-corrected chi connectivity index (χ0v) is 23.3. The monoisotopic (exact) mass is 576 g/mol. The number of nitrogens with one attached hydrogen (secondary N) is 1. The maximum Gasteiger partial charge on any atom is 0.345 e. The molecule has 0 spiro atoms. The van der Waals surface area contributed by atoms with Gasteiger partial charge < -0.3 is 14.2 Å². The number of ether oxygens (including phenoxy) is 3. The summed E-state index contributed by atoms with van der Waals surface area (Å²) < 4.78 is 16.9. The van der Waals surface area contributed by atoms with Crippen molar-refractivity contribution in [2.45, 2.75) is 20.0 Å². The number of hydrazone groups is 1. The molecule has 204 valence electrons. The predicted octanol–water partition coefficient (Wildman–Crippen LogP) is 7.20. The number of hydrogen-bond acceptors (Lipinski definition) is 6. The lowest BCUT2D eigenvalue weighted by Gasteiger charge is -2.13. The maximum absolute atomic E-state index is 12.6. The van der Waals surface area contributed by atoms with Crippen molar-refractivity contribution >= 4 is 41.3 Å². The Kier molecular flexibility index (Phi) is 9.78. The van der Waals surface area contributed by atoms with Crippen molar-refractivity contribution in [2.24, 2.45) is 5.10 Å². The second-order valence-corrected chi connectivity index (χ2v) is 9.38. The maximum atomic E-state index is 12.6. The first-order valence-corrected chi connectivity index (χ1v) is 13.2. The molecule has 4 aromatic rings. The molecule has 0 aliphatic rings. The minimum absolute atomic E-state index is 0.172. The lowest BCUT2D eigenvalue weighted by molar-refractivity contribution is -0.127. The van der Waals surface area contributed by atoms with Gasteiger partial charge in [0.2, 0.25) is 0 Å². The molecule has 0 unspecified atom stereocenters. The van der Waals surface area contributed by atoms with Crippen LogP contribution in [0.4, 0.5) is 0 Å². The molecule has 4 rings (SSSR count). The van der Waals surface area contributed by atoms with Crippen LogP contribution in [0.2, 0.25) is 10.0 Å². The molecule has 0 aromatic heterocycles. The average Bonchev–Trinajstić information content (AvgIpc) is 2.95. The fraction of sp³-hybridized carbons (Fsp3) is 0.129. The normalized spacial score (nSPS) is 11.6. The van der Waals surface area contributed by atoms with Gasteiger partial charge in [-0.05, 0) is 79.1 Å². The number of rotatable bonds is 10. The Hall–Kier alpha value is -4.33. The van der Waals surface area contributed by atoms with E-state index in [4.69, 9.17) is 37.4 Å². The lowest BCUT2D eigenvalue weighted by Crippen LogP contribution is -2.33. The van der Waals surface area contributed by atoms with Crippen LogP contribution in [0, 0.1) is 0 Å². The molecular weight excluding hydrogens is 551 g/mol. The van der Waals surface area contributed by atoms with Crippen molar-refractivity contribution in [3.8, 4) is 28.4 Å². The zero-order valence-electron chi connectivity index (χ0n) is 21.8. The van der Waals surface area contributed by atoms with Crippen LogP contribution in [0.3, 0.4) is 0 Å². The molecule has 0 aliphatic heterocycles. The molecule has 9 heteroatoms. The Morgan fingerprint density at radius 1 is 0.900 bits per heavy atom. The number of halogens is 2. The summed E-state index contributed by atoms with van der Waals surface area (Å²) in [7, 11) is 0. The van der Waals surface area contributed by atoms with Gasteiger partial charge in [-0.1, -0.05) is 65.7 Å². The largest absolute Gasteiger partial charge is 0.490 e. The summed E-state index contributed by atoms with van der Waals surface area (Å²) in [5.74, 6) is 0.0303. The van der Waals surface area contributed by atoms with Gasteiger partial charge in [0, 0.05) is 5.02 Å². The fourth-order valence-electron chi connectivity index (χ4n) is 3.64. The van der Waals surface area contributed by atoms with Crippen LogP contribution in [-0.4, -0.2) is 30.8 Å². The van der Waals surface area contributed by atoms with E-state index in [1.807, 2.05) is 54.6 Å². The molecule has 0 radical (unpaired) electrons. The predicted molar refractivity (Wildman–Crippen MR) is 157 cm³/mol. The summed E-state index contributed by atoms with van der Waals surface area (Å²) in [4.78, 5) is 25.1. The zero-order chi connectivity index (χ0) is 28.5. The van der Waals surface area contributed by atoms with Gasteiger partial charge in [-0.15, -0.1) is 0 Å². The van der Waals surface area contributed by atoms with Gasteiger partial charge in [0.25, 0.3) is 5.91 Å². The van der Waals surface area contributed by atoms with Gasteiger partial charge >= 0.3 is 5.97 Å². The Balaban J connectivity index is 1.35. The van der Waals surface area contributed by atoms with Gasteiger partial charge in [0.05, 0.1) is 23.4 Å². The third kappa shape index (κ3) is 7.62. The fourth-order valence-corrected chi connectivity index (χ4v) is 4.13. The van der Waals surface area contributed by atoms with Gasteiger partial charge in [0.15, 0.2) is 17.6 Å². The molecule has 0 bridgehead atoms. The van der Waals surface area contributed by atoms with E-state index in [1.54, 1.807) is 38.1 Å². The number of esters is 1. The third-order valence-electron chi connectivity index (χ3n) is 5.65. The Labute approximate surface area is 242 Å². The highest BCUT2D eigenvalue weighted by Gasteiger charge is 2.17. The van der Waals surface area contributed by atoms with Crippen molar-refractivity contribution in [3.63, 3.8) is 0 Å². The summed E-state index contributed by atoms with van der Waals surface area (Å²) in [6.07, 6.45) is 0.670. The van der Waals surface area contributed by atoms with Gasteiger partial charge in [-0.25, -0.2) is 10.2 Å². The van der Waals surface area contributed by atoms with Gasteiger partial charge in [0.1, 0.15) is 5.75 Å². The third-order valence-corrected chi connectivity index (χ3v) is 6.20. The van der Waals surface area contributed by atoms with E-state index in [2.05, 4.69) is 10.5 Å². The summed E-state index contributed by atoms with van der Waals surface area (Å²) in [5, 5.41) is 4.61. The first kappa shape index (κ1) is 28.7. The van der Waals surface area contributed by atoms with E-state index in [0.717, 1.165) is 11.1 Å². The minimum Gasteiger partial charge on any atom is -0.490 e. The molecule has 4 aromatic carbocycles. The van der Waals surface area contributed by atoms with Crippen LogP contribution in [0.5, 0.6) is 17.2 Å². The van der Waals surface area contributed by atoms with E-state index >= 15 is 0 Å². The Morgan fingerprint density at radius 2 is 1.62 bits per heavy atom. The molecule has 7 nitrogen and oxygen atoms in total. The molecule has 0 saturated carbocycles. The first-order valence-electron chi connectivity index (χ1n) is 12.4. The summed E-state index contributed by atoms with van der Waals surface area (Å²) in [6.45, 7) is 3.78. The second-order valence-electron chi connectivity index (χ2n) is 8.54. The number of benzene rings is 4. The Bertz CT molecular complexity index is 1510. The highest BCUT2D eigenvalue weighted by atomic mass is 35.5. The lowest BCUT2D eigenvalue weighted by atomic mass is 10.1. The molecule has 1 N–H and O–H groups in total. The van der Waals surface area contributed by atoms with E-state index < -0.39 is 18.0 Å². The molecular formula is C31H26Cl2N2O5. The molecule has 0 heterocycles. The first-order chi connectivity index (χ1) is 19.3. The van der Waals surface area contributed by atoms with E-state index in [1.165, 1.54) is 18.3 Å². The van der Waals surface area contributed by atoms with Crippen LogP contribution in [-0.2, 0) is 4.79 Å². The van der Waals surface area contributed by atoms with Gasteiger partial charge in [-0.3, -0.25) is 4.79 Å². The average molecular weight is 577 g/mol. The number of carbonyl (C=O) groups excluding carboxylic acids is 2. The minimum atomic E-state index is -0.778. The van der Waals surface area contributed by atoms with Crippen LogP contribution in [0.15, 0.2) is 96.1 Å². The molecule has 0 saturated heterocycles. The number of nitrogens with zero attached hydrogens (tertiary/aromatic N) is 1.